The van der Waals surface area contributed by atoms with Crippen molar-refractivity contribution in [3.63, 3.8) is 0 Å². The molecule has 0 fully saturated rings. The van der Waals surface area contributed by atoms with Gasteiger partial charge in [0.05, 0.1) is 27.3 Å². The summed E-state index contributed by atoms with van der Waals surface area (Å²) in [4.78, 5) is 17.1. The molecule has 0 aliphatic rings. The first-order valence-electron chi connectivity index (χ1n) is 7.84. The number of amides is 1. The van der Waals surface area contributed by atoms with Crippen molar-refractivity contribution in [3.05, 3.63) is 39.8 Å². The fourth-order valence-electron chi connectivity index (χ4n) is 2.49. The number of aromatic nitrogens is 4. The van der Waals surface area contributed by atoms with Crippen molar-refractivity contribution in [2.75, 3.05) is 6.54 Å². The smallest absolute Gasteiger partial charge is 0.316 e. The van der Waals surface area contributed by atoms with Gasteiger partial charge in [0.2, 0.25) is 5.82 Å². The van der Waals surface area contributed by atoms with Crippen molar-refractivity contribution in [2.45, 2.75) is 33.2 Å². The van der Waals surface area contributed by atoms with Gasteiger partial charge in [-0.1, -0.05) is 22.8 Å². The maximum absolute atomic E-state index is 12.1. The highest BCUT2D eigenvalue weighted by Gasteiger charge is 2.18. The Morgan fingerprint density at radius 3 is 2.92 bits per heavy atom. The summed E-state index contributed by atoms with van der Waals surface area (Å²) in [6, 6.07) is 3.87. The first-order chi connectivity index (χ1) is 12.0. The molecular weight excluding hydrogens is 362 g/mol. The summed E-state index contributed by atoms with van der Waals surface area (Å²) in [5.74, 6) is 0.00455. The van der Waals surface area contributed by atoms with Crippen molar-refractivity contribution >= 4 is 28.8 Å². The molecule has 0 saturated carbocycles. The normalized spacial score (nSPS) is 12.3. The Balaban J connectivity index is 1.55. The molecule has 132 valence electrons. The van der Waals surface area contributed by atoms with Gasteiger partial charge < -0.3 is 9.84 Å². The third-order valence-corrected chi connectivity index (χ3v) is 5.28. The minimum Gasteiger partial charge on any atom is -0.348 e. The Hall–Kier alpha value is -2.19. The van der Waals surface area contributed by atoms with E-state index in [1.54, 1.807) is 0 Å². The molecule has 1 amide bonds. The van der Waals surface area contributed by atoms with Crippen LogP contribution in [0.15, 0.2) is 22.0 Å². The first kappa shape index (κ1) is 17.6. The Bertz CT molecular complexity index is 871. The fourth-order valence-corrected chi connectivity index (χ4v) is 3.26. The lowest BCUT2D eigenvalue weighted by atomic mass is 10.2. The van der Waals surface area contributed by atoms with Gasteiger partial charge >= 0.3 is 11.8 Å². The minimum absolute atomic E-state index is 0.0368. The fraction of sp³-hybridized carbons (Fsp3) is 0.375. The van der Waals surface area contributed by atoms with Gasteiger partial charge in [-0.2, -0.15) is 10.1 Å². The number of nitrogens with zero attached hydrogens (tertiary/aromatic N) is 4. The molecule has 0 unspecified atom stereocenters. The van der Waals surface area contributed by atoms with E-state index in [0.717, 1.165) is 16.3 Å². The predicted octanol–water partition coefficient (Wildman–Crippen LogP) is 3.65. The van der Waals surface area contributed by atoms with Gasteiger partial charge in [0, 0.05) is 6.54 Å². The largest absolute Gasteiger partial charge is 0.348 e. The molecule has 0 bridgehead atoms. The molecule has 1 N–H and O–H groups in total. The van der Waals surface area contributed by atoms with E-state index in [1.165, 1.54) is 11.3 Å². The molecule has 9 heteroatoms. The quantitative estimate of drug-likeness (QED) is 0.706. The van der Waals surface area contributed by atoms with Crippen LogP contribution in [-0.2, 0) is 0 Å². The maximum atomic E-state index is 12.1. The van der Waals surface area contributed by atoms with Crippen LogP contribution in [0.1, 0.15) is 41.5 Å². The Morgan fingerprint density at radius 2 is 2.28 bits per heavy atom. The summed E-state index contributed by atoms with van der Waals surface area (Å²) in [7, 11) is 0. The molecule has 0 radical (unpaired) electrons. The standard InChI is InChI=1S/C16H18ClN5O2S/c1-9(22-11(3)13(17)10(2)20-22)6-7-18-15(23)16-19-14(21-24-16)12-5-4-8-25-12/h4-5,8-9H,6-7H2,1-3H3,(H,18,23)/t9-/m0/s1. The molecule has 1 atom stereocenters. The number of rotatable bonds is 6. The monoisotopic (exact) mass is 379 g/mol. The number of halogens is 1. The molecule has 3 aromatic rings. The average molecular weight is 380 g/mol. The van der Waals surface area contributed by atoms with Crippen LogP contribution in [0, 0.1) is 13.8 Å². The minimum atomic E-state index is -0.381. The molecule has 3 rings (SSSR count). The molecule has 7 nitrogen and oxygen atoms in total. The van der Waals surface area contributed by atoms with Crippen molar-refractivity contribution in [3.8, 4) is 10.7 Å². The Labute approximate surface area is 154 Å². The molecule has 3 heterocycles. The number of hydrogen-bond donors (Lipinski definition) is 1. The zero-order valence-corrected chi connectivity index (χ0v) is 15.7. The summed E-state index contributed by atoms with van der Waals surface area (Å²) in [6.45, 7) is 6.30. The van der Waals surface area contributed by atoms with Gasteiger partial charge in [-0.25, -0.2) is 0 Å². The number of carbonyl (C=O) groups excluding carboxylic acids is 1. The highest BCUT2D eigenvalue weighted by molar-refractivity contribution is 7.13. The average Bonchev–Trinajstić information content (AvgIpc) is 3.32. The summed E-state index contributed by atoms with van der Waals surface area (Å²) in [5.41, 5.74) is 1.73. The first-order valence-corrected chi connectivity index (χ1v) is 9.10. The number of aryl methyl sites for hydroxylation is 1. The number of carbonyl (C=O) groups is 1. The second-order valence-corrected chi connectivity index (χ2v) is 7.05. The van der Waals surface area contributed by atoms with E-state index in [0.29, 0.717) is 23.8 Å². The summed E-state index contributed by atoms with van der Waals surface area (Å²) in [6.07, 6.45) is 0.704. The molecule has 0 aliphatic carbocycles. The van der Waals surface area contributed by atoms with Gasteiger partial charge in [-0.15, -0.1) is 11.3 Å². The van der Waals surface area contributed by atoms with E-state index < -0.39 is 0 Å². The van der Waals surface area contributed by atoms with Crippen molar-refractivity contribution in [1.29, 1.82) is 0 Å². The van der Waals surface area contributed by atoms with E-state index >= 15 is 0 Å². The molecule has 0 spiro atoms. The molecule has 0 saturated heterocycles. The van der Waals surface area contributed by atoms with Crippen LogP contribution >= 0.6 is 22.9 Å². The van der Waals surface area contributed by atoms with E-state index in [9.17, 15) is 4.79 Å². The van der Waals surface area contributed by atoms with Crippen LogP contribution in [0.5, 0.6) is 0 Å². The van der Waals surface area contributed by atoms with E-state index in [4.69, 9.17) is 16.1 Å². The van der Waals surface area contributed by atoms with E-state index in [2.05, 4.69) is 20.6 Å². The Morgan fingerprint density at radius 1 is 1.48 bits per heavy atom. The SMILES string of the molecule is Cc1nn([C@@H](C)CCNC(=O)c2nc(-c3cccs3)no2)c(C)c1Cl. The summed E-state index contributed by atoms with van der Waals surface area (Å²) >= 11 is 7.66. The van der Waals surface area contributed by atoms with Gasteiger partial charge in [0.25, 0.3) is 0 Å². The number of hydrogen-bond acceptors (Lipinski definition) is 6. The van der Waals surface area contributed by atoms with E-state index in [1.807, 2.05) is 43.0 Å². The van der Waals surface area contributed by atoms with E-state index in [-0.39, 0.29) is 17.8 Å². The second-order valence-electron chi connectivity index (χ2n) is 5.72. The lowest BCUT2D eigenvalue weighted by Crippen LogP contribution is -2.26. The third kappa shape index (κ3) is 3.74. The predicted molar refractivity (Wildman–Crippen MR) is 96.0 cm³/mol. The second kappa shape index (κ2) is 7.37. The topological polar surface area (TPSA) is 85.8 Å². The molecular formula is C16H18ClN5O2S. The number of thiophene rings is 1. The highest BCUT2D eigenvalue weighted by Crippen LogP contribution is 2.23. The number of nitrogens with one attached hydrogen (secondary N) is 1. The van der Waals surface area contributed by atoms with Gasteiger partial charge in [-0.05, 0) is 38.6 Å². The van der Waals surface area contributed by atoms with Crippen LogP contribution in [0.4, 0.5) is 0 Å². The highest BCUT2D eigenvalue weighted by atomic mass is 35.5. The van der Waals surface area contributed by atoms with Gasteiger partial charge in [0.15, 0.2) is 0 Å². The lowest BCUT2D eigenvalue weighted by molar-refractivity contribution is 0.0907. The Kier molecular flexibility index (Phi) is 5.19. The lowest BCUT2D eigenvalue weighted by Gasteiger charge is -2.14. The van der Waals surface area contributed by atoms with Gasteiger partial charge in [-0.3, -0.25) is 9.48 Å². The summed E-state index contributed by atoms with van der Waals surface area (Å²) < 4.78 is 6.91. The van der Waals surface area contributed by atoms with Crippen molar-refractivity contribution in [1.82, 2.24) is 25.2 Å². The van der Waals surface area contributed by atoms with Crippen LogP contribution < -0.4 is 5.32 Å². The molecule has 25 heavy (non-hydrogen) atoms. The van der Waals surface area contributed by atoms with Crippen molar-refractivity contribution in [2.24, 2.45) is 0 Å². The van der Waals surface area contributed by atoms with Crippen LogP contribution in [0.2, 0.25) is 5.02 Å². The molecule has 0 aliphatic heterocycles. The molecule has 0 aromatic carbocycles. The van der Waals surface area contributed by atoms with Crippen molar-refractivity contribution < 1.29 is 9.32 Å². The van der Waals surface area contributed by atoms with Crippen LogP contribution in [-0.4, -0.2) is 32.4 Å². The zero-order valence-electron chi connectivity index (χ0n) is 14.1. The van der Waals surface area contributed by atoms with Crippen LogP contribution in [0.3, 0.4) is 0 Å². The third-order valence-electron chi connectivity index (χ3n) is 3.86. The maximum Gasteiger partial charge on any atom is 0.316 e. The zero-order chi connectivity index (χ0) is 18.0. The van der Waals surface area contributed by atoms with Crippen LogP contribution in [0.25, 0.3) is 10.7 Å². The molecule has 3 aromatic heterocycles. The van der Waals surface area contributed by atoms with Gasteiger partial charge in [0.1, 0.15) is 0 Å². The summed E-state index contributed by atoms with van der Waals surface area (Å²) in [5, 5.41) is 13.7.